The maximum Gasteiger partial charge on any atom is 2.00 e. The van der Waals surface area contributed by atoms with E-state index in [1.807, 2.05) is 0 Å². The molecule has 24 heteroatoms. The fourth-order valence-corrected chi connectivity index (χ4v) is 4.38. The standard InChI is InChI=1S/4C8H16N2.C3H6O3.2CH2O3.CHO2.CO2.3CH4.Ca.2H2O/c4*1-3-4-5-10-7-6-9(2)8-10;1-2(4)3(5)6;2-1-4-3;2-1(3)4;2*2-1-3;;;;;;/h4*6-7H,3-5,8H2,1-2H3;2,4H,1H3,(H,5,6);1,3H;(H2,2,3,4);(H,2,3);;3*1H4;;2*1H2/q;;;;;;;-1;;;;;+2;;/p-5. The first-order valence-corrected chi connectivity index (χ1v) is 19.4. The van der Waals surface area contributed by atoms with E-state index in [9.17, 15) is 9.90 Å². The number of aliphatic hydroxyl groups is 1. The minimum absolute atomic E-state index is 0. The van der Waals surface area contributed by atoms with Gasteiger partial charge in [0.2, 0.25) is 0 Å². The number of carboxylic acids is 1. The molecule has 4 aliphatic heterocycles. The zero-order valence-corrected chi connectivity index (χ0v) is 40.9. The summed E-state index contributed by atoms with van der Waals surface area (Å²) in [6.07, 6.45) is 24.1. The Labute approximate surface area is 426 Å². The minimum Gasteiger partial charge on any atom is -0.870 e. The van der Waals surface area contributed by atoms with E-state index < -0.39 is 18.2 Å². The third-order valence-corrected chi connectivity index (χ3v) is 7.32. The predicted molar refractivity (Wildman–Crippen MR) is 248 cm³/mol. The normalized spacial score (nSPS) is 12.5. The Bertz CT molecular complexity index is 1060. The van der Waals surface area contributed by atoms with Crippen molar-refractivity contribution in [3.8, 4) is 0 Å². The molecule has 0 bridgehead atoms. The van der Waals surface area contributed by atoms with Gasteiger partial charge in [-0.2, -0.15) is 9.59 Å². The van der Waals surface area contributed by atoms with Crippen molar-refractivity contribution in [2.45, 2.75) is 114 Å². The van der Waals surface area contributed by atoms with Gasteiger partial charge in [0, 0.05) is 104 Å². The molecule has 0 radical (unpaired) electrons. The average Bonchev–Trinajstić information content (AvgIpc) is 4.02. The molecule has 0 fully saturated rings. The molecule has 390 valence electrons. The van der Waals surface area contributed by atoms with Gasteiger partial charge in [-0.1, -0.05) is 82.1 Å². The van der Waals surface area contributed by atoms with Crippen LogP contribution in [0.2, 0.25) is 0 Å². The van der Waals surface area contributed by atoms with Crippen molar-refractivity contribution >= 4 is 69.0 Å². The van der Waals surface area contributed by atoms with Crippen LogP contribution in [0, 0.1) is 0 Å². The Kier molecular flexibility index (Phi) is 89.8. The zero-order valence-electron chi connectivity index (χ0n) is 38.7. The van der Waals surface area contributed by atoms with Crippen molar-refractivity contribution in [2.75, 3.05) is 81.0 Å². The molecule has 0 aliphatic carbocycles. The van der Waals surface area contributed by atoms with Gasteiger partial charge in [0.05, 0.1) is 38.7 Å². The van der Waals surface area contributed by atoms with Gasteiger partial charge in [0.25, 0.3) is 6.47 Å². The molecule has 4 rings (SSSR count). The fourth-order valence-electron chi connectivity index (χ4n) is 4.38. The van der Waals surface area contributed by atoms with E-state index in [2.05, 4.69) is 150 Å². The van der Waals surface area contributed by atoms with Gasteiger partial charge in [-0.25, -0.2) is 0 Å². The van der Waals surface area contributed by atoms with E-state index in [1.54, 1.807) is 0 Å². The molecule has 0 spiro atoms. The van der Waals surface area contributed by atoms with Crippen LogP contribution in [0.3, 0.4) is 0 Å². The molecule has 5 N–H and O–H groups in total. The Morgan fingerprint density at radius 2 is 0.803 bits per heavy atom. The van der Waals surface area contributed by atoms with Crippen LogP contribution in [0.25, 0.3) is 0 Å². The van der Waals surface area contributed by atoms with Crippen LogP contribution in [0.1, 0.15) is 108 Å². The number of hydrogen-bond donors (Lipinski definition) is 2. The van der Waals surface area contributed by atoms with Crippen molar-refractivity contribution in [1.29, 1.82) is 0 Å². The van der Waals surface area contributed by atoms with Crippen molar-refractivity contribution in [1.82, 2.24) is 39.2 Å². The number of aliphatic hydroxyl groups excluding tert-OH is 2. The van der Waals surface area contributed by atoms with E-state index in [0.29, 0.717) is 6.47 Å². The van der Waals surface area contributed by atoms with Gasteiger partial charge in [0.15, 0.2) is 0 Å². The van der Waals surface area contributed by atoms with Gasteiger partial charge in [0.1, 0.15) is 0 Å². The van der Waals surface area contributed by atoms with Crippen LogP contribution >= 0.6 is 0 Å². The van der Waals surface area contributed by atoms with Crippen LogP contribution in [-0.2, 0) is 28.9 Å². The van der Waals surface area contributed by atoms with Crippen LogP contribution in [0.5, 0.6) is 0 Å². The number of carbonyl (C=O) groups excluding carboxylic acids is 5. The Morgan fingerprint density at radius 3 is 0.879 bits per heavy atom. The predicted octanol–water partition coefficient (Wildman–Crippen LogP) is -0.491. The second-order valence-corrected chi connectivity index (χ2v) is 13.1. The van der Waals surface area contributed by atoms with Gasteiger partial charge < -0.3 is 100 Å². The summed E-state index contributed by atoms with van der Waals surface area (Å²) in [7, 11) is 8.40. The molecule has 1 atom stereocenters. The molecular formula is C42H86CaN8O15-4. The second kappa shape index (κ2) is 67.1. The van der Waals surface area contributed by atoms with E-state index in [0.717, 1.165) is 33.6 Å². The van der Waals surface area contributed by atoms with Crippen LogP contribution in [0.4, 0.5) is 4.79 Å². The molecular weight excluding hydrogens is 897 g/mol. The molecule has 4 heterocycles. The van der Waals surface area contributed by atoms with Crippen molar-refractivity contribution in [2.24, 2.45) is 0 Å². The zero-order chi connectivity index (χ0) is 47.1. The summed E-state index contributed by atoms with van der Waals surface area (Å²) in [6, 6.07) is 0. The Morgan fingerprint density at radius 1 is 0.652 bits per heavy atom. The quantitative estimate of drug-likeness (QED) is 0.0729. The van der Waals surface area contributed by atoms with Crippen LogP contribution in [0.15, 0.2) is 49.6 Å². The number of unbranched alkanes of at least 4 members (excludes halogenated alkanes) is 4. The molecule has 0 aromatic carbocycles. The number of carboxylic acid groups (broad SMARTS) is 3. The molecule has 23 nitrogen and oxygen atoms in total. The fraction of sp³-hybridized carbons (Fsp3) is 0.690. The Hall–Kier alpha value is -4.48. The topological polar surface area (TPSA) is 332 Å². The molecule has 0 saturated carbocycles. The molecule has 66 heavy (non-hydrogen) atoms. The maximum atomic E-state index is 9.34. The molecule has 1 unspecified atom stereocenters. The minimum atomic E-state index is -2.33. The SMILES string of the molecule is C.C.C.CC(O)C(=O)[O-].CCCCN1C=CN(C)C1.CCCCN1C=CN(C)C1.CCCCN1C=CN(C)C1.CCCCN1C=CN(C)C1.O.O=C([O-])[O-].O=C=O.O=CO[O-].O=[C-]O.[Ca+2].[OH-]. The number of nitrogens with zero attached hydrogens (tertiary/aromatic N) is 8. The number of hydrogen-bond acceptors (Lipinski definition) is 21. The Balaban J connectivity index is -0.0000000585. The first-order valence-electron chi connectivity index (χ1n) is 19.4. The van der Waals surface area contributed by atoms with E-state index >= 15 is 0 Å². The summed E-state index contributed by atoms with van der Waals surface area (Å²) >= 11 is 0. The first kappa shape index (κ1) is 88.3. The summed E-state index contributed by atoms with van der Waals surface area (Å²) in [4.78, 5) is 71.5. The number of carbonyl (C=O) groups is 3. The van der Waals surface area contributed by atoms with E-state index in [4.69, 9.17) is 49.7 Å². The van der Waals surface area contributed by atoms with Gasteiger partial charge in [-0.05, 0) is 38.8 Å². The molecule has 0 aromatic heterocycles. The maximum absolute atomic E-state index is 9.34. The van der Waals surface area contributed by atoms with Crippen LogP contribution in [-0.4, -0.2) is 216 Å². The third kappa shape index (κ3) is 73.9. The number of rotatable bonds is 14. The summed E-state index contributed by atoms with van der Waals surface area (Å²) in [6.45, 7) is 19.5. The molecule has 0 saturated heterocycles. The average molecular weight is 983 g/mol. The molecule has 0 amide bonds. The van der Waals surface area contributed by atoms with E-state index in [1.165, 1.54) is 77.5 Å². The van der Waals surface area contributed by atoms with Crippen molar-refractivity contribution in [3.63, 3.8) is 0 Å². The number of aliphatic carboxylic acids is 1. The van der Waals surface area contributed by atoms with Gasteiger partial charge in [-0.15, -0.1) is 0 Å². The summed E-state index contributed by atoms with van der Waals surface area (Å²) in [5.74, 6) is -1.44. The smallest absolute Gasteiger partial charge is 0.870 e. The largest absolute Gasteiger partial charge is 2.00 e. The van der Waals surface area contributed by atoms with Crippen LogP contribution < -0.4 is 20.6 Å². The summed E-state index contributed by atoms with van der Waals surface area (Å²) in [5.41, 5.74) is 0. The molecule has 4 aliphatic rings. The van der Waals surface area contributed by atoms with Gasteiger partial charge >= 0.3 is 43.9 Å². The monoisotopic (exact) mass is 983 g/mol. The van der Waals surface area contributed by atoms with Crippen molar-refractivity contribution in [3.05, 3.63) is 49.6 Å². The summed E-state index contributed by atoms with van der Waals surface area (Å²) in [5, 5.41) is 49.2. The molecule has 0 aromatic rings. The van der Waals surface area contributed by atoms with E-state index in [-0.39, 0.29) is 83.6 Å². The first-order chi connectivity index (χ1) is 28.4. The van der Waals surface area contributed by atoms with Crippen molar-refractivity contribution < 1.29 is 75.4 Å². The van der Waals surface area contributed by atoms with Gasteiger partial charge in [-0.3, -0.25) is 4.79 Å². The second-order valence-electron chi connectivity index (χ2n) is 13.1. The summed E-state index contributed by atoms with van der Waals surface area (Å²) < 4.78 is 0. The third-order valence-electron chi connectivity index (χ3n) is 7.32.